The smallest absolute Gasteiger partial charge is 0.226 e. The molecule has 0 spiro atoms. The predicted octanol–water partition coefficient (Wildman–Crippen LogP) is 2.65. The molecule has 0 amide bonds. The van der Waals surface area contributed by atoms with Gasteiger partial charge in [0.2, 0.25) is 5.89 Å². The van der Waals surface area contributed by atoms with Gasteiger partial charge in [0, 0.05) is 24.6 Å². The maximum absolute atomic E-state index is 5.68. The molecule has 1 aliphatic heterocycles. The molecule has 6 heteroatoms. The number of oxazole rings is 1. The first-order chi connectivity index (χ1) is 11.7. The van der Waals surface area contributed by atoms with E-state index in [1.54, 1.807) is 12.6 Å². The van der Waals surface area contributed by atoms with Gasteiger partial charge in [0.25, 0.3) is 0 Å². The van der Waals surface area contributed by atoms with Gasteiger partial charge >= 0.3 is 0 Å². The summed E-state index contributed by atoms with van der Waals surface area (Å²) in [5.41, 5.74) is 4.41. The third-order valence-electron chi connectivity index (χ3n) is 4.54. The van der Waals surface area contributed by atoms with E-state index >= 15 is 0 Å². The van der Waals surface area contributed by atoms with Gasteiger partial charge in [-0.1, -0.05) is 17.7 Å². The fourth-order valence-corrected chi connectivity index (χ4v) is 3.22. The molecule has 2 aromatic heterocycles. The van der Waals surface area contributed by atoms with E-state index in [1.165, 1.54) is 11.1 Å². The Morgan fingerprint density at radius 3 is 3.12 bits per heavy atom. The number of nitrogens with zero attached hydrogens (tertiary/aromatic N) is 4. The van der Waals surface area contributed by atoms with Gasteiger partial charge in [0.15, 0.2) is 0 Å². The van der Waals surface area contributed by atoms with Crippen LogP contribution in [0.1, 0.15) is 29.1 Å². The van der Waals surface area contributed by atoms with Crippen molar-refractivity contribution in [2.24, 2.45) is 0 Å². The largest absolute Gasteiger partial charge is 0.444 e. The van der Waals surface area contributed by atoms with Crippen molar-refractivity contribution in [3.05, 3.63) is 53.4 Å². The molecule has 124 valence electrons. The van der Waals surface area contributed by atoms with Gasteiger partial charge in [0.05, 0.1) is 12.2 Å². The van der Waals surface area contributed by atoms with Crippen molar-refractivity contribution in [3.63, 3.8) is 0 Å². The number of hydrogen-bond acceptors (Lipinski definition) is 5. The first kappa shape index (κ1) is 15.1. The molecule has 0 saturated heterocycles. The Morgan fingerprint density at radius 1 is 1.33 bits per heavy atom. The highest BCUT2D eigenvalue weighted by Gasteiger charge is 2.19. The van der Waals surface area contributed by atoms with Gasteiger partial charge in [-0.05, 0) is 31.9 Å². The molecule has 0 saturated carbocycles. The molecule has 6 nitrogen and oxygen atoms in total. The van der Waals surface area contributed by atoms with E-state index in [1.807, 2.05) is 4.68 Å². The average molecular weight is 323 g/mol. The van der Waals surface area contributed by atoms with Crippen LogP contribution in [-0.2, 0) is 19.5 Å². The van der Waals surface area contributed by atoms with Crippen LogP contribution in [0.15, 0.2) is 35.2 Å². The third-order valence-corrected chi connectivity index (χ3v) is 4.54. The van der Waals surface area contributed by atoms with Crippen molar-refractivity contribution in [2.45, 2.75) is 45.8 Å². The minimum absolute atomic E-state index is 0.389. The summed E-state index contributed by atoms with van der Waals surface area (Å²) in [7, 11) is 0. The predicted molar refractivity (Wildman–Crippen MR) is 90.4 cm³/mol. The first-order valence-electron chi connectivity index (χ1n) is 8.31. The summed E-state index contributed by atoms with van der Waals surface area (Å²) in [6.45, 7) is 5.73. The molecule has 24 heavy (non-hydrogen) atoms. The Kier molecular flexibility index (Phi) is 3.90. The quantitative estimate of drug-likeness (QED) is 0.799. The van der Waals surface area contributed by atoms with Gasteiger partial charge in [0.1, 0.15) is 18.4 Å². The summed E-state index contributed by atoms with van der Waals surface area (Å²) in [4.78, 5) is 8.88. The lowest BCUT2D eigenvalue weighted by Gasteiger charge is -2.23. The Hall–Kier alpha value is -2.47. The van der Waals surface area contributed by atoms with Crippen molar-refractivity contribution in [1.82, 2.24) is 25.1 Å². The number of benzene rings is 1. The summed E-state index contributed by atoms with van der Waals surface area (Å²) < 4.78 is 7.65. The standard InChI is InChI=1S/C18H21N5O/c1-12-3-5-16(13(2)7-12)18-22-15(10-24-18)8-19-14-4-6-17-20-11-21-23(17)9-14/h3,5,7,10-11,14,19H,4,6,8-9H2,1-2H3/t14-/m0/s1. The second kappa shape index (κ2) is 6.20. The van der Waals surface area contributed by atoms with Crippen LogP contribution in [0.2, 0.25) is 0 Å². The lowest BCUT2D eigenvalue weighted by molar-refractivity contribution is 0.356. The van der Waals surface area contributed by atoms with Crippen molar-refractivity contribution in [2.75, 3.05) is 0 Å². The molecular weight excluding hydrogens is 302 g/mol. The van der Waals surface area contributed by atoms with E-state index in [-0.39, 0.29) is 0 Å². The molecular formula is C18H21N5O. The number of aromatic nitrogens is 4. The Bertz CT molecular complexity index is 851. The Balaban J connectivity index is 1.41. The molecule has 3 heterocycles. The number of nitrogens with one attached hydrogen (secondary N) is 1. The summed E-state index contributed by atoms with van der Waals surface area (Å²) in [5, 5.41) is 7.80. The van der Waals surface area contributed by atoms with Crippen LogP contribution < -0.4 is 5.32 Å². The fourth-order valence-electron chi connectivity index (χ4n) is 3.22. The number of fused-ring (bicyclic) bond motifs is 1. The SMILES string of the molecule is Cc1ccc(-c2nc(CN[C@H]3CCc4ncnn4C3)co2)c(C)c1. The lowest BCUT2D eigenvalue weighted by Crippen LogP contribution is -2.37. The van der Waals surface area contributed by atoms with Crippen molar-refractivity contribution in [3.8, 4) is 11.5 Å². The topological polar surface area (TPSA) is 68.8 Å². The summed E-state index contributed by atoms with van der Waals surface area (Å²) in [6, 6.07) is 6.69. The maximum Gasteiger partial charge on any atom is 0.226 e. The van der Waals surface area contributed by atoms with E-state index in [2.05, 4.69) is 52.4 Å². The van der Waals surface area contributed by atoms with Crippen LogP contribution in [0, 0.1) is 13.8 Å². The molecule has 0 bridgehead atoms. The summed E-state index contributed by atoms with van der Waals surface area (Å²) in [6.07, 6.45) is 5.40. The zero-order chi connectivity index (χ0) is 16.5. The van der Waals surface area contributed by atoms with E-state index < -0.39 is 0 Å². The average Bonchev–Trinajstić information content (AvgIpc) is 3.21. The minimum Gasteiger partial charge on any atom is -0.444 e. The van der Waals surface area contributed by atoms with E-state index in [4.69, 9.17) is 4.42 Å². The molecule has 1 atom stereocenters. The Labute approximate surface area is 140 Å². The van der Waals surface area contributed by atoms with E-state index in [0.717, 1.165) is 36.5 Å². The van der Waals surface area contributed by atoms with E-state index in [9.17, 15) is 0 Å². The maximum atomic E-state index is 5.68. The Morgan fingerprint density at radius 2 is 2.25 bits per heavy atom. The number of rotatable bonds is 4. The molecule has 0 radical (unpaired) electrons. The second-order valence-corrected chi connectivity index (χ2v) is 6.44. The van der Waals surface area contributed by atoms with Crippen LogP contribution in [-0.4, -0.2) is 25.8 Å². The zero-order valence-electron chi connectivity index (χ0n) is 14.0. The highest BCUT2D eigenvalue weighted by Crippen LogP contribution is 2.23. The number of hydrogen-bond donors (Lipinski definition) is 1. The first-order valence-corrected chi connectivity index (χ1v) is 8.31. The summed E-state index contributed by atoms with van der Waals surface area (Å²) >= 11 is 0. The molecule has 3 aromatic rings. The summed E-state index contributed by atoms with van der Waals surface area (Å²) in [5.74, 6) is 1.76. The van der Waals surface area contributed by atoms with Crippen LogP contribution in [0.3, 0.4) is 0 Å². The van der Waals surface area contributed by atoms with Gasteiger partial charge in [-0.15, -0.1) is 0 Å². The second-order valence-electron chi connectivity index (χ2n) is 6.44. The molecule has 0 aliphatic carbocycles. The van der Waals surface area contributed by atoms with Crippen molar-refractivity contribution < 1.29 is 4.42 Å². The van der Waals surface area contributed by atoms with Gasteiger partial charge in [-0.25, -0.2) is 14.6 Å². The van der Waals surface area contributed by atoms with Crippen molar-refractivity contribution >= 4 is 0 Å². The molecule has 1 aliphatic rings. The van der Waals surface area contributed by atoms with Crippen molar-refractivity contribution in [1.29, 1.82) is 0 Å². The monoisotopic (exact) mass is 323 g/mol. The van der Waals surface area contributed by atoms with Gasteiger partial charge in [-0.3, -0.25) is 0 Å². The highest BCUT2D eigenvalue weighted by molar-refractivity contribution is 5.59. The third kappa shape index (κ3) is 2.97. The zero-order valence-corrected chi connectivity index (χ0v) is 14.0. The van der Waals surface area contributed by atoms with Crippen LogP contribution in [0.25, 0.3) is 11.5 Å². The molecule has 0 unspecified atom stereocenters. The lowest BCUT2D eigenvalue weighted by atomic mass is 10.1. The highest BCUT2D eigenvalue weighted by atomic mass is 16.3. The van der Waals surface area contributed by atoms with Crippen LogP contribution in [0.5, 0.6) is 0 Å². The molecule has 1 N–H and O–H groups in total. The van der Waals surface area contributed by atoms with Crippen LogP contribution >= 0.6 is 0 Å². The number of aryl methyl sites for hydroxylation is 3. The normalized spacial score (nSPS) is 17.0. The molecule has 1 aromatic carbocycles. The van der Waals surface area contributed by atoms with Gasteiger partial charge in [-0.2, -0.15) is 5.10 Å². The fraction of sp³-hybridized carbons (Fsp3) is 0.389. The van der Waals surface area contributed by atoms with Gasteiger partial charge < -0.3 is 9.73 Å². The minimum atomic E-state index is 0.389. The molecule has 4 rings (SSSR count). The van der Waals surface area contributed by atoms with Crippen LogP contribution in [0.4, 0.5) is 0 Å². The molecule has 0 fully saturated rings. The van der Waals surface area contributed by atoms with E-state index in [0.29, 0.717) is 18.5 Å².